The van der Waals surface area contributed by atoms with E-state index in [-0.39, 0.29) is 13.1 Å². The molecule has 0 bridgehead atoms. The van der Waals surface area contributed by atoms with Crippen LogP contribution < -0.4 is 0 Å². The molecule has 0 amide bonds. The Hall–Kier alpha value is -0.430. The van der Waals surface area contributed by atoms with Crippen molar-refractivity contribution in [2.75, 3.05) is 13.1 Å². The van der Waals surface area contributed by atoms with Gasteiger partial charge in [0.25, 0.3) is 0 Å². The van der Waals surface area contributed by atoms with Crippen molar-refractivity contribution in [1.82, 2.24) is 4.31 Å². The molecule has 17 heavy (non-hydrogen) atoms. The Bertz CT molecular complexity index is 527. The number of β-amino-alcohol motifs (C(OH)–C–C–N with tert-alkyl or cyclic N) is 1. The van der Waals surface area contributed by atoms with Gasteiger partial charge in [-0.1, -0.05) is 6.92 Å². The zero-order chi connectivity index (χ0) is 12.8. The molecule has 0 atom stereocenters. The summed E-state index contributed by atoms with van der Waals surface area (Å²) in [5.74, 6) is 0. The molecule has 0 unspecified atom stereocenters. The fraction of sp³-hybridized carbons (Fsp3) is 0.636. The maximum absolute atomic E-state index is 12.3. The normalized spacial score (nSPS) is 20.2. The molecule has 2 rings (SSSR count). The number of aliphatic hydroxyl groups is 1. The molecule has 1 aromatic rings. The molecule has 1 saturated heterocycles. The van der Waals surface area contributed by atoms with Gasteiger partial charge in [0.2, 0.25) is 10.0 Å². The van der Waals surface area contributed by atoms with Crippen LogP contribution in [-0.2, 0) is 10.0 Å². The van der Waals surface area contributed by atoms with Crippen LogP contribution in [0.3, 0.4) is 0 Å². The quantitative estimate of drug-likeness (QED) is 0.909. The molecule has 0 saturated carbocycles. The first-order valence-corrected chi connectivity index (χ1v) is 7.84. The Morgan fingerprint density at radius 3 is 2.47 bits per heavy atom. The summed E-state index contributed by atoms with van der Waals surface area (Å²) in [6.07, 6.45) is 0.584. The molecule has 0 aliphatic carbocycles. The lowest BCUT2D eigenvalue weighted by Gasteiger charge is -2.44. The van der Waals surface area contributed by atoms with Gasteiger partial charge >= 0.3 is 0 Å². The van der Waals surface area contributed by atoms with Gasteiger partial charge in [-0.3, -0.25) is 0 Å². The minimum atomic E-state index is -3.41. The van der Waals surface area contributed by atoms with Gasteiger partial charge in [-0.25, -0.2) is 8.42 Å². The minimum Gasteiger partial charge on any atom is -0.387 e. The molecular formula is C11H17NO3S2. The van der Waals surface area contributed by atoms with E-state index >= 15 is 0 Å². The molecule has 1 aliphatic rings. The molecule has 4 nitrogen and oxygen atoms in total. The van der Waals surface area contributed by atoms with Crippen molar-refractivity contribution in [1.29, 1.82) is 0 Å². The number of sulfonamides is 1. The molecular weight excluding hydrogens is 258 g/mol. The van der Waals surface area contributed by atoms with Crippen LogP contribution in [-0.4, -0.2) is 36.5 Å². The predicted molar refractivity (Wildman–Crippen MR) is 67.8 cm³/mol. The van der Waals surface area contributed by atoms with Crippen molar-refractivity contribution < 1.29 is 13.5 Å². The van der Waals surface area contributed by atoms with Crippen LogP contribution in [0, 0.1) is 13.8 Å². The standard InChI is InChI=1S/C11H17NO3S2/c1-4-11(13)6-12(7-11)17(14,15)10-5-8(2)16-9(10)3/h5,13H,4,6-7H2,1-3H3. The first-order chi connectivity index (χ1) is 7.78. The Balaban J connectivity index is 2.25. The van der Waals surface area contributed by atoms with E-state index in [9.17, 15) is 13.5 Å². The summed E-state index contributed by atoms with van der Waals surface area (Å²) in [5, 5.41) is 9.87. The zero-order valence-corrected chi connectivity index (χ0v) is 11.9. The highest BCUT2D eigenvalue weighted by Gasteiger charge is 2.46. The number of hydrogen-bond donors (Lipinski definition) is 1. The number of nitrogens with zero attached hydrogens (tertiary/aromatic N) is 1. The second-order valence-electron chi connectivity index (χ2n) is 4.63. The van der Waals surface area contributed by atoms with Crippen molar-refractivity contribution in [3.05, 3.63) is 15.8 Å². The highest BCUT2D eigenvalue weighted by molar-refractivity contribution is 7.89. The molecule has 1 aliphatic heterocycles. The molecule has 0 aromatic carbocycles. The van der Waals surface area contributed by atoms with Crippen molar-refractivity contribution in [3.8, 4) is 0 Å². The van der Waals surface area contributed by atoms with Crippen LogP contribution in [0.4, 0.5) is 0 Å². The fourth-order valence-electron chi connectivity index (χ4n) is 2.01. The van der Waals surface area contributed by atoms with Crippen LogP contribution in [0.15, 0.2) is 11.0 Å². The monoisotopic (exact) mass is 275 g/mol. The summed E-state index contributed by atoms with van der Waals surface area (Å²) in [7, 11) is -3.41. The summed E-state index contributed by atoms with van der Waals surface area (Å²) in [5.41, 5.74) is -0.827. The van der Waals surface area contributed by atoms with E-state index in [4.69, 9.17) is 0 Å². The molecule has 1 aromatic heterocycles. The van der Waals surface area contributed by atoms with Gasteiger partial charge in [0, 0.05) is 22.8 Å². The average Bonchev–Trinajstić information content (AvgIpc) is 2.53. The van der Waals surface area contributed by atoms with E-state index in [0.717, 1.165) is 9.75 Å². The van der Waals surface area contributed by atoms with Gasteiger partial charge in [0.05, 0.1) is 10.5 Å². The Kier molecular flexibility index (Phi) is 3.10. The molecule has 6 heteroatoms. The molecule has 2 heterocycles. The van der Waals surface area contributed by atoms with E-state index in [1.165, 1.54) is 15.6 Å². The van der Waals surface area contributed by atoms with E-state index in [1.54, 1.807) is 6.07 Å². The molecule has 96 valence electrons. The summed E-state index contributed by atoms with van der Waals surface area (Å²) in [6, 6.07) is 1.71. The van der Waals surface area contributed by atoms with Crippen molar-refractivity contribution in [3.63, 3.8) is 0 Å². The SMILES string of the molecule is CCC1(O)CN(S(=O)(=O)c2cc(C)sc2C)C1. The smallest absolute Gasteiger partial charge is 0.244 e. The summed E-state index contributed by atoms with van der Waals surface area (Å²) >= 11 is 1.49. The minimum absolute atomic E-state index is 0.208. The van der Waals surface area contributed by atoms with Gasteiger partial charge < -0.3 is 5.11 Å². The van der Waals surface area contributed by atoms with E-state index in [1.807, 2.05) is 20.8 Å². The first kappa shape index (κ1) is 13.0. The third-order valence-electron chi connectivity index (χ3n) is 3.21. The number of rotatable bonds is 3. The molecule has 0 spiro atoms. The topological polar surface area (TPSA) is 57.6 Å². The summed E-state index contributed by atoms with van der Waals surface area (Å²) < 4.78 is 25.9. The average molecular weight is 275 g/mol. The second-order valence-corrected chi connectivity index (χ2v) is 8.00. The molecule has 0 radical (unpaired) electrons. The number of hydrogen-bond acceptors (Lipinski definition) is 4. The van der Waals surface area contributed by atoms with Crippen molar-refractivity contribution in [2.45, 2.75) is 37.7 Å². The zero-order valence-electron chi connectivity index (χ0n) is 10.2. The molecule has 1 fully saturated rings. The lowest BCUT2D eigenvalue weighted by molar-refractivity contribution is -0.0613. The Labute approximate surface area is 106 Å². The summed E-state index contributed by atoms with van der Waals surface area (Å²) in [4.78, 5) is 2.19. The van der Waals surface area contributed by atoms with Crippen LogP contribution in [0.2, 0.25) is 0 Å². The predicted octanol–water partition coefficient (Wildman–Crippen LogP) is 1.51. The van der Waals surface area contributed by atoms with Crippen LogP contribution >= 0.6 is 11.3 Å². The lowest BCUT2D eigenvalue weighted by Crippen LogP contribution is -2.62. The van der Waals surface area contributed by atoms with E-state index in [0.29, 0.717) is 11.3 Å². The Morgan fingerprint density at radius 2 is 2.06 bits per heavy atom. The third-order valence-corrected chi connectivity index (χ3v) is 6.23. The van der Waals surface area contributed by atoms with Gasteiger partial charge in [0.1, 0.15) is 0 Å². The second kappa shape index (κ2) is 4.05. The maximum atomic E-state index is 12.3. The summed E-state index contributed by atoms with van der Waals surface area (Å²) in [6.45, 7) is 6.00. The van der Waals surface area contributed by atoms with E-state index < -0.39 is 15.6 Å². The van der Waals surface area contributed by atoms with Crippen LogP contribution in [0.1, 0.15) is 23.1 Å². The van der Waals surface area contributed by atoms with Gasteiger partial charge in [0.15, 0.2) is 0 Å². The molecule has 1 N–H and O–H groups in total. The lowest BCUT2D eigenvalue weighted by atomic mass is 9.94. The van der Waals surface area contributed by atoms with Crippen LogP contribution in [0.25, 0.3) is 0 Å². The van der Waals surface area contributed by atoms with Gasteiger partial charge in [-0.2, -0.15) is 4.31 Å². The highest BCUT2D eigenvalue weighted by Crippen LogP contribution is 2.33. The van der Waals surface area contributed by atoms with Gasteiger partial charge in [-0.05, 0) is 26.3 Å². The van der Waals surface area contributed by atoms with Crippen LogP contribution in [0.5, 0.6) is 0 Å². The largest absolute Gasteiger partial charge is 0.387 e. The Morgan fingerprint density at radius 1 is 1.47 bits per heavy atom. The first-order valence-electron chi connectivity index (χ1n) is 5.58. The van der Waals surface area contributed by atoms with Gasteiger partial charge in [-0.15, -0.1) is 11.3 Å². The number of aryl methyl sites for hydroxylation is 2. The van der Waals surface area contributed by atoms with Crippen molar-refractivity contribution >= 4 is 21.4 Å². The third kappa shape index (κ3) is 2.14. The van der Waals surface area contributed by atoms with Crippen molar-refractivity contribution in [2.24, 2.45) is 0 Å². The fourth-order valence-corrected chi connectivity index (χ4v) is 5.13. The van der Waals surface area contributed by atoms with E-state index in [2.05, 4.69) is 0 Å². The highest BCUT2D eigenvalue weighted by atomic mass is 32.2. The maximum Gasteiger partial charge on any atom is 0.244 e. The number of thiophene rings is 1.